The van der Waals surface area contributed by atoms with E-state index in [1.165, 1.54) is 0 Å². The second-order valence-corrected chi connectivity index (χ2v) is 5.64. The highest BCUT2D eigenvalue weighted by molar-refractivity contribution is 6.30. The average molecular weight is 327 g/mol. The van der Waals surface area contributed by atoms with Crippen LogP contribution in [0.4, 0.5) is 11.5 Å². The fourth-order valence-corrected chi connectivity index (χ4v) is 2.58. The van der Waals surface area contributed by atoms with Gasteiger partial charge >= 0.3 is 5.97 Å². The molecule has 0 saturated carbocycles. The van der Waals surface area contributed by atoms with Gasteiger partial charge < -0.3 is 10.4 Å². The van der Waals surface area contributed by atoms with E-state index in [1.54, 1.807) is 24.3 Å². The first-order chi connectivity index (χ1) is 11.1. The topological polar surface area (TPSA) is 62.2 Å². The number of aromatic carboxylic acids is 1. The van der Waals surface area contributed by atoms with Gasteiger partial charge in [-0.15, -0.1) is 0 Å². The van der Waals surface area contributed by atoms with Crippen LogP contribution in [0.3, 0.4) is 0 Å². The number of pyridine rings is 1. The maximum absolute atomic E-state index is 11.5. The number of anilines is 2. The maximum atomic E-state index is 11.5. The lowest BCUT2D eigenvalue weighted by Crippen LogP contribution is -2.05. The van der Waals surface area contributed by atoms with E-state index < -0.39 is 5.97 Å². The van der Waals surface area contributed by atoms with Gasteiger partial charge in [0.2, 0.25) is 0 Å². The van der Waals surface area contributed by atoms with E-state index >= 15 is 0 Å². The molecule has 0 fully saturated rings. The first-order valence-corrected chi connectivity index (χ1v) is 7.64. The number of nitrogens with zero attached hydrogens (tertiary/aromatic N) is 1. The van der Waals surface area contributed by atoms with Gasteiger partial charge in [-0.2, -0.15) is 0 Å². The highest BCUT2D eigenvalue weighted by Crippen LogP contribution is 2.26. The van der Waals surface area contributed by atoms with Crippen molar-refractivity contribution in [3.63, 3.8) is 0 Å². The Morgan fingerprint density at radius 1 is 1.22 bits per heavy atom. The van der Waals surface area contributed by atoms with Gasteiger partial charge in [0.05, 0.1) is 5.52 Å². The number of hydrogen-bond acceptors (Lipinski definition) is 3. The van der Waals surface area contributed by atoms with Crippen molar-refractivity contribution in [1.82, 2.24) is 4.98 Å². The molecular weight excluding hydrogens is 312 g/mol. The molecule has 0 saturated heterocycles. The minimum Gasteiger partial charge on any atom is -0.478 e. The summed E-state index contributed by atoms with van der Waals surface area (Å²) in [6.07, 6.45) is 0.898. The Kier molecular flexibility index (Phi) is 4.17. The fourth-order valence-electron chi connectivity index (χ4n) is 2.39. The van der Waals surface area contributed by atoms with Gasteiger partial charge in [0.15, 0.2) is 0 Å². The molecule has 3 aromatic rings. The quantitative estimate of drug-likeness (QED) is 0.716. The Bertz CT molecular complexity index is 893. The van der Waals surface area contributed by atoms with E-state index in [-0.39, 0.29) is 5.56 Å². The number of carboxylic acids is 1. The summed E-state index contributed by atoms with van der Waals surface area (Å²) in [6.45, 7) is 2.07. The van der Waals surface area contributed by atoms with Crippen LogP contribution in [0, 0.1) is 0 Å². The van der Waals surface area contributed by atoms with Crippen molar-refractivity contribution >= 4 is 40.0 Å². The maximum Gasteiger partial charge on any atom is 0.339 e. The first kappa shape index (κ1) is 15.3. The zero-order valence-corrected chi connectivity index (χ0v) is 13.3. The molecule has 116 valence electrons. The van der Waals surface area contributed by atoms with Crippen LogP contribution in [-0.2, 0) is 6.42 Å². The second-order valence-electron chi connectivity index (χ2n) is 5.21. The van der Waals surface area contributed by atoms with Gasteiger partial charge in [-0.25, -0.2) is 9.78 Å². The van der Waals surface area contributed by atoms with Crippen molar-refractivity contribution in [3.8, 4) is 0 Å². The highest BCUT2D eigenvalue weighted by atomic mass is 35.5. The zero-order valence-electron chi connectivity index (χ0n) is 12.5. The summed E-state index contributed by atoms with van der Waals surface area (Å²) in [6, 6.07) is 14.6. The number of halogens is 1. The molecule has 0 amide bonds. The van der Waals surface area contributed by atoms with Gasteiger partial charge in [-0.3, -0.25) is 0 Å². The summed E-state index contributed by atoms with van der Waals surface area (Å²) in [5.74, 6) is -0.719. The Labute approximate surface area is 138 Å². The van der Waals surface area contributed by atoms with Gasteiger partial charge in [-0.05, 0) is 42.3 Å². The first-order valence-electron chi connectivity index (χ1n) is 7.26. The molecule has 0 atom stereocenters. The summed E-state index contributed by atoms with van der Waals surface area (Å²) >= 11 is 5.97. The van der Waals surface area contributed by atoms with Crippen molar-refractivity contribution in [2.24, 2.45) is 0 Å². The van der Waals surface area contributed by atoms with Gasteiger partial charge in [0, 0.05) is 16.1 Å². The zero-order chi connectivity index (χ0) is 16.4. The minimum atomic E-state index is -1.02. The van der Waals surface area contributed by atoms with Crippen molar-refractivity contribution in [1.29, 1.82) is 0 Å². The van der Waals surface area contributed by atoms with Crippen LogP contribution < -0.4 is 5.32 Å². The van der Waals surface area contributed by atoms with Crippen molar-refractivity contribution < 1.29 is 9.90 Å². The molecule has 2 N–H and O–H groups in total. The van der Waals surface area contributed by atoms with Crippen molar-refractivity contribution in [2.75, 3.05) is 5.32 Å². The molecule has 23 heavy (non-hydrogen) atoms. The van der Waals surface area contributed by atoms with Gasteiger partial charge in [-0.1, -0.05) is 36.7 Å². The summed E-state index contributed by atoms with van der Waals surface area (Å²) in [7, 11) is 0. The molecule has 0 aliphatic heterocycles. The van der Waals surface area contributed by atoms with Crippen LogP contribution in [0.1, 0.15) is 22.8 Å². The normalized spacial score (nSPS) is 10.7. The molecule has 1 aromatic heterocycles. The Balaban J connectivity index is 2.12. The van der Waals surface area contributed by atoms with E-state index in [0.717, 1.165) is 22.9 Å². The molecule has 0 aliphatic carbocycles. The predicted octanol–water partition coefficient (Wildman–Crippen LogP) is 4.89. The monoisotopic (exact) mass is 326 g/mol. The third-order valence-electron chi connectivity index (χ3n) is 3.61. The number of rotatable bonds is 4. The lowest BCUT2D eigenvalue weighted by molar-refractivity contribution is 0.0698. The standard InChI is InChI=1S/C18H15ClN2O2/c1-2-11-6-7-12-9-15(18(22)23)17(21-16(12)8-11)20-14-5-3-4-13(19)10-14/h3-10H,2H2,1H3,(H,20,21)(H,22,23). The lowest BCUT2D eigenvalue weighted by atomic mass is 10.1. The molecule has 0 bridgehead atoms. The SMILES string of the molecule is CCc1ccc2cc(C(=O)O)c(Nc3cccc(Cl)c3)nc2c1. The van der Waals surface area contributed by atoms with E-state index in [1.807, 2.05) is 24.3 Å². The van der Waals surface area contributed by atoms with E-state index in [2.05, 4.69) is 17.2 Å². The van der Waals surface area contributed by atoms with E-state index in [4.69, 9.17) is 11.6 Å². The van der Waals surface area contributed by atoms with Crippen LogP contribution in [0.25, 0.3) is 10.9 Å². The van der Waals surface area contributed by atoms with E-state index in [9.17, 15) is 9.90 Å². The second kappa shape index (κ2) is 6.26. The lowest BCUT2D eigenvalue weighted by Gasteiger charge is -2.11. The third-order valence-corrected chi connectivity index (χ3v) is 3.84. The number of carbonyl (C=O) groups is 1. The highest BCUT2D eigenvalue weighted by Gasteiger charge is 2.14. The van der Waals surface area contributed by atoms with Gasteiger partial charge in [0.25, 0.3) is 0 Å². The molecule has 0 aliphatic rings. The number of fused-ring (bicyclic) bond motifs is 1. The van der Waals surface area contributed by atoms with E-state index in [0.29, 0.717) is 16.5 Å². The van der Waals surface area contributed by atoms with Crippen LogP contribution in [0.5, 0.6) is 0 Å². The predicted molar refractivity (Wildman–Crippen MR) is 92.8 cm³/mol. The molecule has 5 heteroatoms. The number of hydrogen-bond donors (Lipinski definition) is 2. The molecule has 0 spiro atoms. The number of aromatic nitrogens is 1. The molecule has 0 radical (unpaired) electrons. The van der Waals surface area contributed by atoms with Crippen molar-refractivity contribution in [3.05, 3.63) is 64.7 Å². The van der Waals surface area contributed by atoms with Crippen molar-refractivity contribution in [2.45, 2.75) is 13.3 Å². The largest absolute Gasteiger partial charge is 0.478 e. The number of benzene rings is 2. The Morgan fingerprint density at radius 2 is 2.04 bits per heavy atom. The minimum absolute atomic E-state index is 0.127. The number of aryl methyl sites for hydroxylation is 1. The fraction of sp³-hybridized carbons (Fsp3) is 0.111. The third kappa shape index (κ3) is 3.27. The summed E-state index contributed by atoms with van der Waals surface area (Å²) in [5.41, 5.74) is 2.74. The smallest absolute Gasteiger partial charge is 0.339 e. The molecule has 2 aromatic carbocycles. The molecular formula is C18H15ClN2O2. The van der Waals surface area contributed by atoms with Crippen LogP contribution in [0.15, 0.2) is 48.5 Å². The number of nitrogens with one attached hydrogen (secondary N) is 1. The van der Waals surface area contributed by atoms with Crippen LogP contribution >= 0.6 is 11.6 Å². The molecule has 4 nitrogen and oxygen atoms in total. The summed E-state index contributed by atoms with van der Waals surface area (Å²) in [4.78, 5) is 16.0. The summed E-state index contributed by atoms with van der Waals surface area (Å²) < 4.78 is 0. The van der Waals surface area contributed by atoms with Crippen LogP contribution in [0.2, 0.25) is 5.02 Å². The summed E-state index contributed by atoms with van der Waals surface area (Å²) in [5, 5.41) is 13.9. The number of carboxylic acid groups (broad SMARTS) is 1. The average Bonchev–Trinajstić information content (AvgIpc) is 2.53. The molecule has 1 heterocycles. The Hall–Kier alpha value is -2.59. The molecule has 0 unspecified atom stereocenters. The Morgan fingerprint density at radius 3 is 2.74 bits per heavy atom. The van der Waals surface area contributed by atoms with Crippen LogP contribution in [-0.4, -0.2) is 16.1 Å². The molecule has 3 rings (SSSR count). The van der Waals surface area contributed by atoms with Gasteiger partial charge in [0.1, 0.15) is 11.4 Å².